The van der Waals surface area contributed by atoms with Crippen LogP contribution in [0.25, 0.3) is 0 Å². The van der Waals surface area contributed by atoms with Gasteiger partial charge in [-0.1, -0.05) is 11.6 Å². The predicted molar refractivity (Wildman–Crippen MR) is 72.2 cm³/mol. The maximum Gasteiger partial charge on any atom is 0.252 e. The molecule has 3 nitrogen and oxygen atoms in total. The number of aryl methyl sites for hydroxylation is 1. The number of halogens is 1. The van der Waals surface area contributed by atoms with E-state index in [1.165, 1.54) is 11.3 Å². The fourth-order valence-corrected chi connectivity index (χ4v) is 2.39. The summed E-state index contributed by atoms with van der Waals surface area (Å²) in [5.41, 5.74) is 4.35. The number of nitrogens with zero attached hydrogens (tertiary/aromatic N) is 1. The van der Waals surface area contributed by atoms with Crippen molar-refractivity contribution in [3.8, 4) is 0 Å². The smallest absolute Gasteiger partial charge is 0.252 e. The van der Waals surface area contributed by atoms with Crippen LogP contribution in [0.2, 0.25) is 0 Å². The van der Waals surface area contributed by atoms with Gasteiger partial charge >= 0.3 is 0 Å². The summed E-state index contributed by atoms with van der Waals surface area (Å²) >= 11 is 4.90. The molecule has 1 aromatic heterocycles. The molecule has 5 heteroatoms. The lowest BCUT2D eigenvalue weighted by Crippen LogP contribution is -2.23. The van der Waals surface area contributed by atoms with Crippen LogP contribution in [0.5, 0.6) is 0 Å². The first-order valence-electron chi connectivity index (χ1n) is 5.08. The van der Waals surface area contributed by atoms with E-state index in [4.69, 9.17) is 0 Å². The van der Waals surface area contributed by atoms with Gasteiger partial charge in [-0.3, -0.25) is 4.79 Å². The van der Waals surface area contributed by atoms with Crippen LogP contribution < -0.4 is 5.32 Å². The van der Waals surface area contributed by atoms with Crippen LogP contribution >= 0.6 is 27.3 Å². The molecule has 0 aliphatic carbocycles. The largest absolute Gasteiger partial charge is 0.346 e. The minimum absolute atomic E-state index is 0.0893. The number of benzene rings is 1. The highest BCUT2D eigenvalue weighted by Gasteiger charge is 2.09. The Kier molecular flexibility index (Phi) is 3.91. The fraction of sp³-hybridized carbons (Fsp3) is 0.167. The highest BCUT2D eigenvalue weighted by Crippen LogP contribution is 2.18. The molecule has 0 unspecified atom stereocenters. The zero-order chi connectivity index (χ0) is 12.3. The van der Waals surface area contributed by atoms with Crippen molar-refractivity contribution in [2.45, 2.75) is 13.5 Å². The first-order valence-corrected chi connectivity index (χ1v) is 6.82. The van der Waals surface area contributed by atoms with E-state index >= 15 is 0 Å². The summed E-state index contributed by atoms with van der Waals surface area (Å²) < 4.78 is 0.805. The molecule has 88 valence electrons. The maximum atomic E-state index is 11.9. The number of thiazole rings is 1. The van der Waals surface area contributed by atoms with E-state index in [2.05, 4.69) is 26.2 Å². The summed E-state index contributed by atoms with van der Waals surface area (Å²) in [6.45, 7) is 2.42. The second-order valence-electron chi connectivity index (χ2n) is 3.65. The van der Waals surface area contributed by atoms with Crippen LogP contribution in [0.15, 0.2) is 33.6 Å². The minimum Gasteiger partial charge on any atom is -0.346 e. The number of carbonyl (C=O) groups excluding carboxylic acids is 1. The third-order valence-corrected chi connectivity index (χ3v) is 3.61. The van der Waals surface area contributed by atoms with E-state index in [-0.39, 0.29) is 5.91 Å². The summed E-state index contributed by atoms with van der Waals surface area (Å²) in [6.07, 6.45) is 0. The highest BCUT2D eigenvalue weighted by atomic mass is 79.9. The number of hydrogen-bond donors (Lipinski definition) is 1. The number of rotatable bonds is 3. The molecule has 0 aliphatic rings. The fourth-order valence-electron chi connectivity index (χ4n) is 1.40. The van der Waals surface area contributed by atoms with Gasteiger partial charge in [0.05, 0.1) is 23.3 Å². The number of hydrogen-bond acceptors (Lipinski definition) is 3. The van der Waals surface area contributed by atoms with Crippen molar-refractivity contribution in [3.05, 3.63) is 50.4 Å². The Morgan fingerprint density at radius 2 is 2.35 bits per heavy atom. The van der Waals surface area contributed by atoms with Crippen LogP contribution in [-0.4, -0.2) is 10.9 Å². The number of carbonyl (C=O) groups is 1. The minimum atomic E-state index is -0.0893. The molecule has 0 spiro atoms. The van der Waals surface area contributed by atoms with Gasteiger partial charge in [0.25, 0.3) is 5.91 Å². The number of amides is 1. The van der Waals surface area contributed by atoms with Gasteiger partial charge in [-0.2, -0.15) is 0 Å². The first kappa shape index (κ1) is 12.3. The zero-order valence-electron chi connectivity index (χ0n) is 9.24. The Balaban J connectivity index is 2.07. The lowest BCUT2D eigenvalue weighted by Gasteiger charge is -2.06. The normalized spacial score (nSPS) is 10.2. The zero-order valence-corrected chi connectivity index (χ0v) is 11.6. The Bertz CT molecular complexity index is 525. The van der Waals surface area contributed by atoms with Gasteiger partial charge in [0.2, 0.25) is 0 Å². The topological polar surface area (TPSA) is 42.0 Å². The quantitative estimate of drug-likeness (QED) is 0.946. The average Bonchev–Trinajstić information content (AvgIpc) is 2.82. The monoisotopic (exact) mass is 310 g/mol. The van der Waals surface area contributed by atoms with Crippen LogP contribution in [0.4, 0.5) is 0 Å². The van der Waals surface area contributed by atoms with Gasteiger partial charge in [0.15, 0.2) is 0 Å². The Morgan fingerprint density at radius 1 is 1.53 bits per heavy atom. The molecular formula is C12H11BrN2OS. The molecule has 0 aliphatic heterocycles. The highest BCUT2D eigenvalue weighted by molar-refractivity contribution is 9.10. The van der Waals surface area contributed by atoms with Gasteiger partial charge in [-0.05, 0) is 35.0 Å². The molecule has 1 N–H and O–H groups in total. The van der Waals surface area contributed by atoms with Crippen molar-refractivity contribution < 1.29 is 4.79 Å². The summed E-state index contributed by atoms with van der Waals surface area (Å²) in [5.74, 6) is -0.0893. The lowest BCUT2D eigenvalue weighted by molar-refractivity contribution is 0.0949. The van der Waals surface area contributed by atoms with E-state index in [0.717, 1.165) is 15.7 Å². The van der Waals surface area contributed by atoms with Gasteiger partial charge in [0, 0.05) is 9.85 Å². The predicted octanol–water partition coefficient (Wildman–Crippen LogP) is 3.14. The van der Waals surface area contributed by atoms with E-state index in [1.54, 1.807) is 5.51 Å². The van der Waals surface area contributed by atoms with E-state index in [9.17, 15) is 4.79 Å². The van der Waals surface area contributed by atoms with E-state index in [0.29, 0.717) is 12.1 Å². The van der Waals surface area contributed by atoms with E-state index in [1.807, 2.05) is 30.5 Å². The molecule has 0 saturated carbocycles. The molecule has 0 radical (unpaired) electrons. The van der Waals surface area contributed by atoms with Crippen molar-refractivity contribution in [3.63, 3.8) is 0 Å². The Morgan fingerprint density at radius 3 is 3.06 bits per heavy atom. The van der Waals surface area contributed by atoms with Crippen molar-refractivity contribution in [1.82, 2.24) is 10.3 Å². The SMILES string of the molecule is Cc1ccc(Br)c(C(=O)NCc2cscn2)c1. The van der Waals surface area contributed by atoms with Crippen molar-refractivity contribution >= 4 is 33.2 Å². The van der Waals surface area contributed by atoms with Crippen molar-refractivity contribution in [1.29, 1.82) is 0 Å². The third kappa shape index (κ3) is 3.14. The van der Waals surface area contributed by atoms with Crippen LogP contribution in [-0.2, 0) is 6.54 Å². The summed E-state index contributed by atoms with van der Waals surface area (Å²) in [6, 6.07) is 5.70. The first-order chi connectivity index (χ1) is 8.16. The molecule has 0 bridgehead atoms. The third-order valence-electron chi connectivity index (χ3n) is 2.28. The second-order valence-corrected chi connectivity index (χ2v) is 5.22. The van der Waals surface area contributed by atoms with Gasteiger partial charge in [0.1, 0.15) is 0 Å². The maximum absolute atomic E-state index is 11.9. The summed E-state index contributed by atoms with van der Waals surface area (Å²) in [5, 5.41) is 4.77. The van der Waals surface area contributed by atoms with Crippen LogP contribution in [0.1, 0.15) is 21.6 Å². The molecule has 0 saturated heterocycles. The standard InChI is InChI=1S/C12H11BrN2OS/c1-8-2-3-11(13)10(4-8)12(16)14-5-9-6-17-7-15-9/h2-4,6-7H,5H2,1H3,(H,14,16). The molecule has 17 heavy (non-hydrogen) atoms. The Hall–Kier alpha value is -1.20. The van der Waals surface area contributed by atoms with Crippen LogP contribution in [0, 0.1) is 6.92 Å². The number of aromatic nitrogens is 1. The number of nitrogens with one attached hydrogen (secondary N) is 1. The Labute approximate surface area is 112 Å². The molecule has 2 aromatic rings. The molecule has 1 heterocycles. The molecular weight excluding hydrogens is 300 g/mol. The molecule has 0 atom stereocenters. The molecule has 1 amide bonds. The van der Waals surface area contributed by atoms with Gasteiger partial charge < -0.3 is 5.32 Å². The van der Waals surface area contributed by atoms with Crippen molar-refractivity contribution in [2.75, 3.05) is 0 Å². The van der Waals surface area contributed by atoms with Crippen molar-refractivity contribution in [2.24, 2.45) is 0 Å². The summed E-state index contributed by atoms with van der Waals surface area (Å²) in [7, 11) is 0. The average molecular weight is 311 g/mol. The lowest BCUT2D eigenvalue weighted by atomic mass is 10.1. The molecule has 0 fully saturated rings. The van der Waals surface area contributed by atoms with Gasteiger partial charge in [-0.25, -0.2) is 4.98 Å². The molecule has 1 aromatic carbocycles. The second kappa shape index (κ2) is 5.42. The van der Waals surface area contributed by atoms with E-state index < -0.39 is 0 Å². The summed E-state index contributed by atoms with van der Waals surface area (Å²) in [4.78, 5) is 16.1. The van der Waals surface area contributed by atoms with Gasteiger partial charge in [-0.15, -0.1) is 11.3 Å². The van der Waals surface area contributed by atoms with Crippen LogP contribution in [0.3, 0.4) is 0 Å². The molecule has 2 rings (SSSR count).